The van der Waals surface area contributed by atoms with Crippen LogP contribution in [0.3, 0.4) is 0 Å². The first-order chi connectivity index (χ1) is 20.3. The zero-order valence-corrected chi connectivity index (χ0v) is 23.1. The molecule has 0 fully saturated rings. The summed E-state index contributed by atoms with van der Waals surface area (Å²) in [6, 6.07) is 53.7. The maximum absolute atomic E-state index is 2.37. The second kappa shape index (κ2) is 8.76. The van der Waals surface area contributed by atoms with Crippen molar-refractivity contribution in [3.05, 3.63) is 146 Å². The SMILES string of the molecule is c1ccc2cc3c(cc2c1)sc1c(-c2c4ccccc4c(-c4cccc5ccccc45)c4ccccc24)cccc13. The van der Waals surface area contributed by atoms with Crippen LogP contribution in [0.5, 0.6) is 0 Å². The molecule has 0 aliphatic rings. The average molecular weight is 537 g/mol. The van der Waals surface area contributed by atoms with Crippen LogP contribution in [0.25, 0.3) is 85.5 Å². The first-order valence-corrected chi connectivity index (χ1v) is 14.9. The summed E-state index contributed by atoms with van der Waals surface area (Å²) in [6.07, 6.45) is 0. The Labute approximate surface area is 241 Å². The molecule has 0 nitrogen and oxygen atoms in total. The van der Waals surface area contributed by atoms with Gasteiger partial charge in [0.15, 0.2) is 0 Å². The maximum atomic E-state index is 2.37. The summed E-state index contributed by atoms with van der Waals surface area (Å²) in [5.41, 5.74) is 5.23. The van der Waals surface area contributed by atoms with E-state index in [1.54, 1.807) is 0 Å². The smallest absolute Gasteiger partial charge is 0.0434 e. The van der Waals surface area contributed by atoms with Gasteiger partial charge in [0.05, 0.1) is 0 Å². The van der Waals surface area contributed by atoms with Crippen molar-refractivity contribution in [1.82, 2.24) is 0 Å². The van der Waals surface area contributed by atoms with Crippen LogP contribution in [0.2, 0.25) is 0 Å². The van der Waals surface area contributed by atoms with Crippen LogP contribution in [-0.2, 0) is 0 Å². The highest BCUT2D eigenvalue weighted by atomic mass is 32.1. The van der Waals surface area contributed by atoms with Gasteiger partial charge in [-0.05, 0) is 71.9 Å². The molecule has 0 radical (unpaired) electrons. The van der Waals surface area contributed by atoms with Gasteiger partial charge in [0, 0.05) is 25.7 Å². The Morgan fingerprint density at radius 2 is 0.780 bits per heavy atom. The minimum atomic E-state index is 1.27. The monoisotopic (exact) mass is 536 g/mol. The van der Waals surface area contributed by atoms with Crippen molar-refractivity contribution >= 4 is 74.6 Å². The molecule has 0 spiro atoms. The molecule has 9 aromatic rings. The van der Waals surface area contributed by atoms with E-state index >= 15 is 0 Å². The van der Waals surface area contributed by atoms with Gasteiger partial charge < -0.3 is 0 Å². The van der Waals surface area contributed by atoms with E-state index in [4.69, 9.17) is 0 Å². The van der Waals surface area contributed by atoms with Gasteiger partial charge in [0.1, 0.15) is 0 Å². The lowest BCUT2D eigenvalue weighted by Crippen LogP contribution is -1.91. The van der Waals surface area contributed by atoms with E-state index in [0.717, 1.165) is 0 Å². The number of fused-ring (bicyclic) bond motifs is 7. The Balaban J connectivity index is 1.44. The maximum Gasteiger partial charge on any atom is 0.0434 e. The lowest BCUT2D eigenvalue weighted by molar-refractivity contribution is 1.69. The van der Waals surface area contributed by atoms with E-state index < -0.39 is 0 Å². The summed E-state index contributed by atoms with van der Waals surface area (Å²) in [7, 11) is 0. The fourth-order valence-electron chi connectivity index (χ4n) is 6.83. The summed E-state index contributed by atoms with van der Waals surface area (Å²) in [5.74, 6) is 0. The third kappa shape index (κ3) is 3.33. The standard InChI is InChI=1S/C40H24S/c1-2-13-27-24-37-36(23-26(27)12-1)34-21-10-22-35(40(34)41-37)39-32-18-7-5-16-30(32)38(31-17-6-8-19-33(31)39)29-20-9-14-25-11-3-4-15-28(25)29/h1-24H. The molecular formula is C40H24S. The van der Waals surface area contributed by atoms with Crippen LogP contribution in [0.1, 0.15) is 0 Å². The number of thiophene rings is 1. The lowest BCUT2D eigenvalue weighted by Gasteiger charge is -2.19. The van der Waals surface area contributed by atoms with Crippen LogP contribution in [0, 0.1) is 0 Å². The van der Waals surface area contributed by atoms with Crippen molar-refractivity contribution in [2.75, 3.05) is 0 Å². The molecule has 9 rings (SSSR count). The predicted molar refractivity (Wildman–Crippen MR) is 180 cm³/mol. The zero-order chi connectivity index (χ0) is 26.9. The average Bonchev–Trinajstić information content (AvgIpc) is 3.40. The summed E-state index contributed by atoms with van der Waals surface area (Å²) in [4.78, 5) is 0. The first-order valence-electron chi connectivity index (χ1n) is 14.1. The van der Waals surface area contributed by atoms with E-state index in [9.17, 15) is 0 Å². The molecule has 0 bridgehead atoms. The van der Waals surface area contributed by atoms with Crippen molar-refractivity contribution < 1.29 is 0 Å². The Morgan fingerprint density at radius 1 is 0.317 bits per heavy atom. The Bertz CT molecular complexity index is 2410. The second-order valence-corrected chi connectivity index (χ2v) is 11.9. The number of rotatable bonds is 2. The molecule has 41 heavy (non-hydrogen) atoms. The van der Waals surface area contributed by atoms with Gasteiger partial charge in [-0.3, -0.25) is 0 Å². The summed E-state index contributed by atoms with van der Waals surface area (Å²) in [6.45, 7) is 0. The first kappa shape index (κ1) is 22.8. The Kier molecular flexibility index (Phi) is 4.87. The molecule has 190 valence electrons. The van der Waals surface area contributed by atoms with Crippen LogP contribution in [0.4, 0.5) is 0 Å². The van der Waals surface area contributed by atoms with Crippen molar-refractivity contribution in [2.45, 2.75) is 0 Å². The van der Waals surface area contributed by atoms with E-state index in [-0.39, 0.29) is 0 Å². The zero-order valence-electron chi connectivity index (χ0n) is 22.3. The molecule has 0 aliphatic heterocycles. The van der Waals surface area contributed by atoms with Gasteiger partial charge >= 0.3 is 0 Å². The van der Waals surface area contributed by atoms with Crippen molar-refractivity contribution in [1.29, 1.82) is 0 Å². The van der Waals surface area contributed by atoms with Gasteiger partial charge in [-0.25, -0.2) is 0 Å². The van der Waals surface area contributed by atoms with Crippen LogP contribution < -0.4 is 0 Å². The Hall–Kier alpha value is -4.98. The summed E-state index contributed by atoms with van der Waals surface area (Å²) in [5, 5.41) is 13.0. The molecule has 0 N–H and O–H groups in total. The van der Waals surface area contributed by atoms with E-state index in [1.165, 1.54) is 85.5 Å². The molecule has 0 saturated heterocycles. The van der Waals surface area contributed by atoms with Crippen LogP contribution in [-0.4, -0.2) is 0 Å². The van der Waals surface area contributed by atoms with Crippen molar-refractivity contribution in [3.63, 3.8) is 0 Å². The van der Waals surface area contributed by atoms with Gasteiger partial charge in [-0.15, -0.1) is 11.3 Å². The summed E-state index contributed by atoms with van der Waals surface area (Å²) >= 11 is 1.92. The fourth-order valence-corrected chi connectivity index (χ4v) is 8.09. The molecule has 8 aromatic carbocycles. The number of hydrogen-bond acceptors (Lipinski definition) is 1. The van der Waals surface area contributed by atoms with Gasteiger partial charge in [-0.1, -0.05) is 133 Å². The molecule has 0 saturated carbocycles. The van der Waals surface area contributed by atoms with E-state index in [0.29, 0.717) is 0 Å². The topological polar surface area (TPSA) is 0 Å². The van der Waals surface area contributed by atoms with Crippen LogP contribution in [0.15, 0.2) is 146 Å². The minimum absolute atomic E-state index is 1.27. The normalized spacial score (nSPS) is 11.9. The molecule has 0 aliphatic carbocycles. The second-order valence-electron chi connectivity index (χ2n) is 10.8. The largest absolute Gasteiger partial charge is 0.135 e. The molecule has 0 atom stereocenters. The molecule has 1 heterocycles. The lowest BCUT2D eigenvalue weighted by atomic mass is 9.84. The van der Waals surface area contributed by atoms with Crippen molar-refractivity contribution in [3.8, 4) is 22.3 Å². The molecule has 0 unspecified atom stereocenters. The molecule has 1 heteroatoms. The Morgan fingerprint density at radius 3 is 1.46 bits per heavy atom. The summed E-state index contributed by atoms with van der Waals surface area (Å²) < 4.78 is 2.69. The quantitative estimate of drug-likeness (QED) is 0.193. The minimum Gasteiger partial charge on any atom is -0.135 e. The molecular weight excluding hydrogens is 513 g/mol. The highest BCUT2D eigenvalue weighted by molar-refractivity contribution is 7.26. The van der Waals surface area contributed by atoms with Gasteiger partial charge in [0.25, 0.3) is 0 Å². The van der Waals surface area contributed by atoms with Gasteiger partial charge in [0.2, 0.25) is 0 Å². The molecule has 0 amide bonds. The highest BCUT2D eigenvalue weighted by Gasteiger charge is 2.20. The number of hydrogen-bond donors (Lipinski definition) is 0. The third-order valence-electron chi connectivity index (χ3n) is 8.62. The van der Waals surface area contributed by atoms with E-state index in [1.807, 2.05) is 11.3 Å². The third-order valence-corrected chi connectivity index (χ3v) is 9.83. The predicted octanol–water partition coefficient (Wildman–Crippen LogP) is 12.0. The van der Waals surface area contributed by atoms with E-state index in [2.05, 4.69) is 146 Å². The fraction of sp³-hybridized carbons (Fsp3) is 0. The molecule has 1 aromatic heterocycles. The van der Waals surface area contributed by atoms with Crippen molar-refractivity contribution in [2.24, 2.45) is 0 Å². The van der Waals surface area contributed by atoms with Crippen LogP contribution >= 0.6 is 11.3 Å². The van der Waals surface area contributed by atoms with Gasteiger partial charge in [-0.2, -0.15) is 0 Å². The number of benzene rings is 8. The highest BCUT2D eigenvalue weighted by Crippen LogP contribution is 2.48.